The summed E-state index contributed by atoms with van der Waals surface area (Å²) in [5.41, 5.74) is 3.29. The molecule has 1 heteroatoms. The van der Waals surface area contributed by atoms with E-state index in [1.54, 1.807) is 0 Å². The Kier molecular flexibility index (Phi) is 2.63. The van der Waals surface area contributed by atoms with Gasteiger partial charge in [0.15, 0.2) is 0 Å². The molecule has 0 heterocycles. The van der Waals surface area contributed by atoms with Crippen molar-refractivity contribution in [1.29, 1.82) is 0 Å². The van der Waals surface area contributed by atoms with E-state index in [0.29, 0.717) is 5.76 Å². The standard InChI is InChI=1S/C15H18O/c1-11-9-15(2,3)10-13(14(11)16)12-7-5-4-6-8-12/h4-9,16H,10H2,1-3H3. The summed E-state index contributed by atoms with van der Waals surface area (Å²) in [6, 6.07) is 10.1. The minimum atomic E-state index is 0.126. The van der Waals surface area contributed by atoms with Crippen LogP contribution in [0.2, 0.25) is 0 Å². The van der Waals surface area contributed by atoms with Crippen molar-refractivity contribution in [2.45, 2.75) is 27.2 Å². The van der Waals surface area contributed by atoms with Crippen molar-refractivity contribution >= 4 is 5.57 Å². The zero-order valence-corrected chi connectivity index (χ0v) is 10.1. The maximum atomic E-state index is 10.1. The van der Waals surface area contributed by atoms with Gasteiger partial charge in [-0.15, -0.1) is 0 Å². The molecular weight excluding hydrogens is 196 g/mol. The van der Waals surface area contributed by atoms with Crippen LogP contribution in [0.1, 0.15) is 32.8 Å². The fraction of sp³-hybridized carbons (Fsp3) is 0.333. The molecule has 1 N–H and O–H groups in total. The van der Waals surface area contributed by atoms with Crippen molar-refractivity contribution in [3.63, 3.8) is 0 Å². The summed E-state index contributed by atoms with van der Waals surface area (Å²) < 4.78 is 0. The van der Waals surface area contributed by atoms with E-state index in [1.165, 1.54) is 0 Å². The van der Waals surface area contributed by atoms with Gasteiger partial charge in [0.2, 0.25) is 0 Å². The fourth-order valence-electron chi connectivity index (χ4n) is 2.36. The largest absolute Gasteiger partial charge is 0.507 e. The Morgan fingerprint density at radius 3 is 2.38 bits per heavy atom. The first-order valence-electron chi connectivity index (χ1n) is 5.67. The molecule has 0 aliphatic heterocycles. The Morgan fingerprint density at radius 1 is 1.12 bits per heavy atom. The minimum absolute atomic E-state index is 0.126. The van der Waals surface area contributed by atoms with Crippen molar-refractivity contribution in [2.75, 3.05) is 0 Å². The molecule has 1 nitrogen and oxygen atoms in total. The van der Waals surface area contributed by atoms with Gasteiger partial charge in [-0.25, -0.2) is 0 Å². The first kappa shape index (κ1) is 11.0. The van der Waals surface area contributed by atoms with Crippen molar-refractivity contribution in [3.8, 4) is 0 Å². The van der Waals surface area contributed by atoms with E-state index in [-0.39, 0.29) is 5.41 Å². The second-order valence-corrected chi connectivity index (χ2v) is 5.19. The smallest absolute Gasteiger partial charge is 0.122 e. The van der Waals surface area contributed by atoms with Gasteiger partial charge < -0.3 is 5.11 Å². The van der Waals surface area contributed by atoms with Gasteiger partial charge >= 0.3 is 0 Å². The molecule has 1 aromatic carbocycles. The topological polar surface area (TPSA) is 20.2 Å². The zero-order valence-electron chi connectivity index (χ0n) is 10.1. The lowest BCUT2D eigenvalue weighted by molar-refractivity contribution is 0.397. The molecule has 0 fully saturated rings. The van der Waals surface area contributed by atoms with E-state index in [2.05, 4.69) is 32.1 Å². The van der Waals surface area contributed by atoms with Gasteiger partial charge in [0.05, 0.1) is 0 Å². The highest BCUT2D eigenvalue weighted by molar-refractivity contribution is 5.72. The van der Waals surface area contributed by atoms with Crippen LogP contribution in [-0.4, -0.2) is 5.11 Å². The second kappa shape index (κ2) is 3.82. The third-order valence-electron chi connectivity index (χ3n) is 3.02. The number of allylic oxidation sites excluding steroid dienone is 3. The molecule has 0 saturated heterocycles. The molecule has 0 radical (unpaired) electrons. The molecule has 0 atom stereocenters. The third-order valence-corrected chi connectivity index (χ3v) is 3.02. The number of hydrogen-bond acceptors (Lipinski definition) is 1. The summed E-state index contributed by atoms with van der Waals surface area (Å²) in [6.07, 6.45) is 3.04. The van der Waals surface area contributed by atoms with Crippen LogP contribution in [0.25, 0.3) is 5.57 Å². The highest BCUT2D eigenvalue weighted by atomic mass is 16.3. The molecular formula is C15H18O. The lowest BCUT2D eigenvalue weighted by atomic mass is 9.77. The summed E-state index contributed by atoms with van der Waals surface area (Å²) in [6.45, 7) is 6.37. The number of aliphatic hydroxyl groups is 1. The predicted octanol–water partition coefficient (Wildman–Crippen LogP) is 4.33. The molecule has 0 unspecified atom stereocenters. The molecule has 0 amide bonds. The van der Waals surface area contributed by atoms with E-state index in [9.17, 15) is 5.11 Å². The Hall–Kier alpha value is -1.50. The summed E-state index contributed by atoms with van der Waals surface area (Å²) in [5, 5.41) is 10.1. The molecule has 1 aliphatic carbocycles. The minimum Gasteiger partial charge on any atom is -0.507 e. The average molecular weight is 214 g/mol. The first-order chi connectivity index (χ1) is 7.49. The number of aliphatic hydroxyl groups excluding tert-OH is 1. The van der Waals surface area contributed by atoms with Gasteiger partial charge in [0.1, 0.15) is 5.76 Å². The third kappa shape index (κ3) is 2.04. The van der Waals surface area contributed by atoms with Crippen molar-refractivity contribution in [2.24, 2.45) is 5.41 Å². The number of rotatable bonds is 1. The van der Waals surface area contributed by atoms with E-state index in [0.717, 1.165) is 23.1 Å². The SMILES string of the molecule is CC1=CC(C)(C)CC(c2ccccc2)=C1O. The van der Waals surface area contributed by atoms with Crippen LogP contribution >= 0.6 is 0 Å². The van der Waals surface area contributed by atoms with Crippen LogP contribution in [0.3, 0.4) is 0 Å². The van der Waals surface area contributed by atoms with Gasteiger partial charge in [0, 0.05) is 5.57 Å². The van der Waals surface area contributed by atoms with Crippen LogP contribution < -0.4 is 0 Å². The van der Waals surface area contributed by atoms with Crippen LogP contribution in [0.5, 0.6) is 0 Å². The summed E-state index contributed by atoms with van der Waals surface area (Å²) in [7, 11) is 0. The first-order valence-corrected chi connectivity index (χ1v) is 5.67. The quantitative estimate of drug-likeness (QED) is 0.737. The molecule has 0 saturated carbocycles. The monoisotopic (exact) mass is 214 g/mol. The van der Waals surface area contributed by atoms with Gasteiger partial charge in [-0.2, -0.15) is 0 Å². The predicted molar refractivity (Wildman–Crippen MR) is 68.1 cm³/mol. The maximum Gasteiger partial charge on any atom is 0.122 e. The van der Waals surface area contributed by atoms with Crippen LogP contribution in [-0.2, 0) is 0 Å². The maximum absolute atomic E-state index is 10.1. The Morgan fingerprint density at radius 2 is 1.75 bits per heavy atom. The second-order valence-electron chi connectivity index (χ2n) is 5.19. The van der Waals surface area contributed by atoms with Crippen LogP contribution in [0, 0.1) is 5.41 Å². The van der Waals surface area contributed by atoms with Gasteiger partial charge in [-0.3, -0.25) is 0 Å². The summed E-state index contributed by atoms with van der Waals surface area (Å²) in [4.78, 5) is 0. The Bertz CT molecular complexity index is 450. The van der Waals surface area contributed by atoms with E-state index in [1.807, 2.05) is 25.1 Å². The molecule has 1 aliphatic rings. The van der Waals surface area contributed by atoms with Gasteiger partial charge in [-0.05, 0) is 29.9 Å². The zero-order chi connectivity index (χ0) is 11.8. The molecule has 0 aromatic heterocycles. The molecule has 0 spiro atoms. The Balaban J connectivity index is 2.49. The van der Waals surface area contributed by atoms with Crippen LogP contribution in [0.15, 0.2) is 47.7 Å². The molecule has 84 valence electrons. The average Bonchev–Trinajstić information content (AvgIpc) is 2.24. The lowest BCUT2D eigenvalue weighted by Crippen LogP contribution is -2.15. The van der Waals surface area contributed by atoms with E-state index in [4.69, 9.17) is 0 Å². The molecule has 1 aromatic rings. The summed E-state index contributed by atoms with van der Waals surface area (Å²) in [5.74, 6) is 0.450. The fourth-order valence-corrected chi connectivity index (χ4v) is 2.36. The van der Waals surface area contributed by atoms with Crippen molar-refractivity contribution < 1.29 is 5.11 Å². The molecule has 0 bridgehead atoms. The number of benzene rings is 1. The molecule has 2 rings (SSSR count). The lowest BCUT2D eigenvalue weighted by Gasteiger charge is -2.29. The molecule has 16 heavy (non-hydrogen) atoms. The van der Waals surface area contributed by atoms with Gasteiger partial charge in [0.25, 0.3) is 0 Å². The summed E-state index contributed by atoms with van der Waals surface area (Å²) >= 11 is 0. The normalized spacial score (nSPS) is 19.6. The number of hydrogen-bond donors (Lipinski definition) is 1. The van der Waals surface area contributed by atoms with Gasteiger partial charge in [-0.1, -0.05) is 50.3 Å². The van der Waals surface area contributed by atoms with E-state index >= 15 is 0 Å². The Labute approximate surface area is 97.1 Å². The van der Waals surface area contributed by atoms with E-state index < -0.39 is 0 Å². The highest BCUT2D eigenvalue weighted by Gasteiger charge is 2.26. The highest BCUT2D eigenvalue weighted by Crippen LogP contribution is 2.40. The van der Waals surface area contributed by atoms with Crippen LogP contribution in [0.4, 0.5) is 0 Å². The van der Waals surface area contributed by atoms with Crippen molar-refractivity contribution in [3.05, 3.63) is 53.3 Å². The van der Waals surface area contributed by atoms with Crippen molar-refractivity contribution in [1.82, 2.24) is 0 Å².